The molecule has 0 spiro atoms. The Morgan fingerprint density at radius 2 is 1.91 bits per heavy atom. The van der Waals surface area contributed by atoms with E-state index in [1.165, 1.54) is 29.2 Å². The van der Waals surface area contributed by atoms with Gasteiger partial charge >= 0.3 is 0 Å². The van der Waals surface area contributed by atoms with Crippen molar-refractivity contribution in [2.24, 2.45) is 0 Å². The maximum absolute atomic E-state index is 13.7. The quantitative estimate of drug-likeness (QED) is 0.793. The molecule has 1 N–H and O–H groups in total. The lowest BCUT2D eigenvalue weighted by Crippen LogP contribution is -2.17. The van der Waals surface area contributed by atoms with Gasteiger partial charge in [-0.1, -0.05) is 0 Å². The number of hydrogen-bond acceptors (Lipinski definition) is 4. The number of anilines is 1. The van der Waals surface area contributed by atoms with Gasteiger partial charge in [0.2, 0.25) is 0 Å². The number of benzene rings is 1. The van der Waals surface area contributed by atoms with Crippen molar-refractivity contribution < 1.29 is 17.2 Å². The molecule has 0 saturated carbocycles. The van der Waals surface area contributed by atoms with Crippen LogP contribution in [0.5, 0.6) is 0 Å². The molecule has 0 amide bonds. The first-order chi connectivity index (χ1) is 11.0. The zero-order valence-electron chi connectivity index (χ0n) is 11.5. The van der Waals surface area contributed by atoms with Crippen LogP contribution in [0.2, 0.25) is 0 Å². The molecule has 2 heterocycles. The predicted octanol–water partition coefficient (Wildman–Crippen LogP) is 2.35. The first kappa shape index (κ1) is 15.1. The molecule has 3 aromatic rings. The molecule has 118 valence electrons. The van der Waals surface area contributed by atoms with E-state index in [0.29, 0.717) is 6.07 Å². The molecule has 0 atom stereocenters. The average Bonchev–Trinajstić information content (AvgIpc) is 3.01. The van der Waals surface area contributed by atoms with Crippen LogP contribution in [0.25, 0.3) is 5.82 Å². The molecule has 6 nitrogen and oxygen atoms in total. The van der Waals surface area contributed by atoms with Gasteiger partial charge in [0, 0.05) is 24.7 Å². The Hall–Kier alpha value is -2.81. The summed E-state index contributed by atoms with van der Waals surface area (Å²) in [6, 6.07) is 6.86. The lowest BCUT2D eigenvalue weighted by molar-refractivity contribution is 0.551. The van der Waals surface area contributed by atoms with Gasteiger partial charge in [0.15, 0.2) is 5.82 Å². The van der Waals surface area contributed by atoms with Crippen molar-refractivity contribution in [3.05, 3.63) is 66.6 Å². The van der Waals surface area contributed by atoms with E-state index in [1.54, 1.807) is 12.3 Å². The molecular weight excluding hydrogens is 326 g/mol. The van der Waals surface area contributed by atoms with Crippen LogP contribution in [0.1, 0.15) is 0 Å². The van der Waals surface area contributed by atoms with Gasteiger partial charge in [-0.15, -0.1) is 0 Å². The zero-order valence-corrected chi connectivity index (χ0v) is 12.3. The van der Waals surface area contributed by atoms with Crippen LogP contribution >= 0.6 is 0 Å². The van der Waals surface area contributed by atoms with Gasteiger partial charge in [-0.05, 0) is 30.3 Å². The van der Waals surface area contributed by atoms with Gasteiger partial charge in [0.25, 0.3) is 10.0 Å². The highest BCUT2D eigenvalue weighted by Crippen LogP contribution is 2.22. The molecule has 0 aliphatic carbocycles. The minimum atomic E-state index is -4.25. The van der Waals surface area contributed by atoms with Gasteiger partial charge in [-0.3, -0.25) is 4.72 Å². The molecule has 0 fully saturated rings. The third kappa shape index (κ3) is 3.04. The third-order valence-electron chi connectivity index (χ3n) is 2.94. The Balaban J connectivity index is 2.02. The summed E-state index contributed by atoms with van der Waals surface area (Å²) in [4.78, 5) is 3.40. The zero-order chi connectivity index (χ0) is 16.4. The summed E-state index contributed by atoms with van der Waals surface area (Å²) in [5.74, 6) is -1.81. The largest absolute Gasteiger partial charge is 0.276 e. The minimum Gasteiger partial charge on any atom is -0.276 e. The van der Waals surface area contributed by atoms with Crippen LogP contribution in [0.3, 0.4) is 0 Å². The molecule has 0 aliphatic rings. The number of rotatable bonds is 4. The van der Waals surface area contributed by atoms with Gasteiger partial charge in [-0.25, -0.2) is 26.9 Å². The molecule has 3 rings (SSSR count). The molecule has 0 unspecified atom stereocenters. The topological polar surface area (TPSA) is 76.9 Å². The third-order valence-corrected chi connectivity index (χ3v) is 4.33. The Morgan fingerprint density at radius 3 is 2.61 bits per heavy atom. The summed E-state index contributed by atoms with van der Waals surface area (Å²) in [7, 11) is -4.25. The van der Waals surface area contributed by atoms with E-state index in [0.717, 1.165) is 12.1 Å². The van der Waals surface area contributed by atoms with E-state index in [1.807, 2.05) is 0 Å². The Bertz CT molecular complexity index is 943. The second-order valence-corrected chi connectivity index (χ2v) is 6.16. The normalized spacial score (nSPS) is 11.4. The van der Waals surface area contributed by atoms with E-state index >= 15 is 0 Å². The van der Waals surface area contributed by atoms with Crippen LogP contribution in [0.15, 0.2) is 59.9 Å². The number of hydrogen-bond donors (Lipinski definition) is 1. The second-order valence-electron chi connectivity index (χ2n) is 4.51. The molecule has 0 bridgehead atoms. The van der Waals surface area contributed by atoms with Crippen molar-refractivity contribution in [1.29, 1.82) is 0 Å². The first-order valence-electron chi connectivity index (χ1n) is 6.40. The van der Waals surface area contributed by atoms with Crippen LogP contribution in [0.4, 0.5) is 14.5 Å². The highest BCUT2D eigenvalue weighted by molar-refractivity contribution is 7.92. The molecule has 9 heteroatoms. The Labute approximate surface area is 130 Å². The molecule has 23 heavy (non-hydrogen) atoms. The Kier molecular flexibility index (Phi) is 3.78. The average molecular weight is 336 g/mol. The summed E-state index contributed by atoms with van der Waals surface area (Å²) < 4.78 is 54.9. The lowest BCUT2D eigenvalue weighted by Gasteiger charge is -2.12. The second kappa shape index (κ2) is 5.76. The molecule has 0 aliphatic heterocycles. The summed E-state index contributed by atoms with van der Waals surface area (Å²) in [6.45, 7) is 0. The van der Waals surface area contributed by atoms with E-state index in [9.17, 15) is 17.2 Å². The smallest absolute Gasteiger partial charge is 0.264 e. The number of sulfonamides is 1. The van der Waals surface area contributed by atoms with E-state index < -0.39 is 26.6 Å². The predicted molar refractivity (Wildman–Crippen MR) is 78.5 cm³/mol. The molecular formula is C14H10F2N4O2S. The number of pyridine rings is 1. The van der Waals surface area contributed by atoms with E-state index in [2.05, 4.69) is 14.8 Å². The molecule has 0 saturated heterocycles. The standard InChI is InChI=1S/C14H10F2N4O2S/c15-10-4-5-13(11(16)9-10)23(21,22)19-12-3-1-6-17-14(12)20-8-2-7-18-20/h1-9,19H. The van der Waals surface area contributed by atoms with Crippen LogP contribution in [-0.2, 0) is 10.0 Å². The van der Waals surface area contributed by atoms with Crippen LogP contribution in [-0.4, -0.2) is 23.2 Å². The number of halogens is 2. The van der Waals surface area contributed by atoms with E-state index in [4.69, 9.17) is 0 Å². The maximum atomic E-state index is 13.7. The fraction of sp³-hybridized carbons (Fsp3) is 0. The van der Waals surface area contributed by atoms with Crippen molar-refractivity contribution in [2.75, 3.05) is 4.72 Å². The van der Waals surface area contributed by atoms with Gasteiger partial charge in [-0.2, -0.15) is 5.10 Å². The van der Waals surface area contributed by atoms with Gasteiger partial charge < -0.3 is 0 Å². The number of nitrogens with one attached hydrogen (secondary N) is 1. The SMILES string of the molecule is O=S(=O)(Nc1cccnc1-n1cccn1)c1ccc(F)cc1F. The number of nitrogens with zero attached hydrogens (tertiary/aromatic N) is 3. The molecule has 0 radical (unpaired) electrons. The van der Waals surface area contributed by atoms with E-state index in [-0.39, 0.29) is 11.5 Å². The highest BCUT2D eigenvalue weighted by Gasteiger charge is 2.21. The van der Waals surface area contributed by atoms with Crippen molar-refractivity contribution in [2.45, 2.75) is 4.90 Å². The fourth-order valence-electron chi connectivity index (χ4n) is 1.95. The number of aromatic nitrogens is 3. The summed E-state index contributed by atoms with van der Waals surface area (Å²) in [6.07, 6.45) is 4.55. The highest BCUT2D eigenvalue weighted by atomic mass is 32.2. The van der Waals surface area contributed by atoms with Gasteiger partial charge in [0.05, 0.1) is 5.69 Å². The van der Waals surface area contributed by atoms with Gasteiger partial charge in [0.1, 0.15) is 16.5 Å². The van der Waals surface area contributed by atoms with Crippen LogP contribution < -0.4 is 4.72 Å². The summed E-state index contributed by atoms with van der Waals surface area (Å²) in [5, 5.41) is 3.97. The van der Waals surface area contributed by atoms with Crippen molar-refractivity contribution in [3.63, 3.8) is 0 Å². The van der Waals surface area contributed by atoms with Crippen LogP contribution in [0, 0.1) is 11.6 Å². The van der Waals surface area contributed by atoms with Crippen molar-refractivity contribution in [1.82, 2.24) is 14.8 Å². The first-order valence-corrected chi connectivity index (χ1v) is 7.88. The minimum absolute atomic E-state index is 0.111. The summed E-state index contributed by atoms with van der Waals surface area (Å²) in [5.41, 5.74) is 0.111. The molecule has 2 aromatic heterocycles. The maximum Gasteiger partial charge on any atom is 0.264 e. The molecule has 1 aromatic carbocycles. The summed E-state index contributed by atoms with van der Waals surface area (Å²) >= 11 is 0. The Morgan fingerprint density at radius 1 is 1.09 bits per heavy atom. The monoisotopic (exact) mass is 336 g/mol. The van der Waals surface area contributed by atoms with Crippen molar-refractivity contribution in [3.8, 4) is 5.82 Å². The van der Waals surface area contributed by atoms with Crippen molar-refractivity contribution >= 4 is 15.7 Å². The lowest BCUT2D eigenvalue weighted by atomic mass is 10.3. The fourth-order valence-corrected chi connectivity index (χ4v) is 3.07.